The molecule has 0 spiro atoms. The van der Waals surface area contributed by atoms with Crippen LogP contribution in [0.1, 0.15) is 17.2 Å². The van der Waals surface area contributed by atoms with Crippen LogP contribution in [0.25, 0.3) is 0 Å². The predicted molar refractivity (Wildman–Crippen MR) is 86.2 cm³/mol. The summed E-state index contributed by atoms with van der Waals surface area (Å²) in [6.45, 7) is 2.57. The molecule has 0 amide bonds. The third-order valence-corrected chi connectivity index (χ3v) is 3.64. The highest BCUT2D eigenvalue weighted by Crippen LogP contribution is 2.24. The molecule has 3 nitrogen and oxygen atoms in total. The monoisotopic (exact) mass is 383 g/mol. The number of hydrogen-bond acceptors (Lipinski definition) is 3. The van der Waals surface area contributed by atoms with Crippen LogP contribution in [0.15, 0.2) is 45.6 Å². The normalized spacial score (nSPS) is 12.2. The summed E-state index contributed by atoms with van der Waals surface area (Å²) in [6.07, 6.45) is 3.60. The van der Waals surface area contributed by atoms with Gasteiger partial charge in [-0.15, -0.1) is 0 Å². The van der Waals surface area contributed by atoms with Gasteiger partial charge in [0.1, 0.15) is 0 Å². The first-order valence-electron chi connectivity index (χ1n) is 5.92. The van der Waals surface area contributed by atoms with Crippen molar-refractivity contribution < 1.29 is 0 Å². The molecular weight excluding hydrogens is 370 g/mol. The third kappa shape index (κ3) is 4.03. The second-order valence-corrected chi connectivity index (χ2v) is 6.22. The summed E-state index contributed by atoms with van der Waals surface area (Å²) in [5, 5.41) is 3.44. The zero-order chi connectivity index (χ0) is 13.8. The maximum absolute atomic E-state index is 5.86. The van der Waals surface area contributed by atoms with Gasteiger partial charge in [0.2, 0.25) is 0 Å². The van der Waals surface area contributed by atoms with Crippen LogP contribution in [0.3, 0.4) is 0 Å². The van der Waals surface area contributed by atoms with Crippen LogP contribution in [0.4, 0.5) is 5.69 Å². The Kier molecular flexibility index (Phi) is 4.96. The summed E-state index contributed by atoms with van der Waals surface area (Å²) in [4.78, 5) is 4.18. The summed E-state index contributed by atoms with van der Waals surface area (Å²) in [6, 6.07) is 8.28. The van der Waals surface area contributed by atoms with E-state index in [1.807, 2.05) is 18.3 Å². The molecule has 0 aliphatic heterocycles. The molecule has 0 fully saturated rings. The van der Waals surface area contributed by atoms with E-state index in [0.717, 1.165) is 20.2 Å². The molecule has 3 N–H and O–H groups in total. The van der Waals surface area contributed by atoms with E-state index in [0.29, 0.717) is 6.54 Å². The van der Waals surface area contributed by atoms with Crippen LogP contribution in [-0.2, 0) is 0 Å². The van der Waals surface area contributed by atoms with Crippen LogP contribution in [0.5, 0.6) is 0 Å². The fraction of sp³-hybridized carbons (Fsp3) is 0.214. The van der Waals surface area contributed by atoms with Gasteiger partial charge in [0.15, 0.2) is 0 Å². The summed E-state index contributed by atoms with van der Waals surface area (Å²) < 4.78 is 2.01. The van der Waals surface area contributed by atoms with Gasteiger partial charge in [-0.05, 0) is 58.2 Å². The number of hydrogen-bond donors (Lipinski definition) is 2. The maximum Gasteiger partial charge on any atom is 0.0651 e. The number of benzene rings is 1. The average molecular weight is 385 g/mol. The van der Waals surface area contributed by atoms with E-state index in [2.05, 4.69) is 61.2 Å². The average Bonchev–Trinajstić information content (AvgIpc) is 2.34. The van der Waals surface area contributed by atoms with E-state index in [9.17, 15) is 0 Å². The highest BCUT2D eigenvalue weighted by molar-refractivity contribution is 9.10. The van der Waals surface area contributed by atoms with Gasteiger partial charge in [0.25, 0.3) is 0 Å². The molecule has 1 aromatic carbocycles. The molecule has 0 bridgehead atoms. The van der Waals surface area contributed by atoms with E-state index in [4.69, 9.17) is 5.73 Å². The molecule has 0 radical (unpaired) electrons. The molecule has 2 rings (SSSR count). The van der Waals surface area contributed by atoms with Gasteiger partial charge in [-0.3, -0.25) is 4.98 Å². The Bertz CT molecular complexity index is 552. The number of nitrogens with one attached hydrogen (secondary N) is 1. The summed E-state index contributed by atoms with van der Waals surface area (Å²) in [7, 11) is 0. The largest absolute Gasteiger partial charge is 0.377 e. The van der Waals surface area contributed by atoms with Crippen molar-refractivity contribution in [1.82, 2.24) is 4.98 Å². The zero-order valence-electron chi connectivity index (χ0n) is 10.5. The van der Waals surface area contributed by atoms with E-state index in [1.54, 1.807) is 6.20 Å². The minimum atomic E-state index is 0.0405. The van der Waals surface area contributed by atoms with Crippen LogP contribution in [0, 0.1) is 6.92 Å². The Morgan fingerprint density at radius 1 is 1.16 bits per heavy atom. The van der Waals surface area contributed by atoms with Crippen molar-refractivity contribution in [2.75, 3.05) is 11.9 Å². The predicted octanol–water partition coefficient (Wildman–Crippen LogP) is 4.03. The fourth-order valence-electron chi connectivity index (χ4n) is 1.92. The van der Waals surface area contributed by atoms with Gasteiger partial charge in [0, 0.05) is 33.6 Å². The number of anilines is 1. The lowest BCUT2D eigenvalue weighted by Crippen LogP contribution is -2.20. The maximum atomic E-state index is 5.86. The van der Waals surface area contributed by atoms with Gasteiger partial charge < -0.3 is 11.1 Å². The first-order chi connectivity index (χ1) is 9.08. The number of aryl methyl sites for hydroxylation is 1. The number of aromatic nitrogens is 1. The van der Waals surface area contributed by atoms with Crippen molar-refractivity contribution in [3.8, 4) is 0 Å². The number of pyridine rings is 1. The fourth-order valence-corrected chi connectivity index (χ4v) is 2.91. The zero-order valence-corrected chi connectivity index (χ0v) is 13.7. The summed E-state index contributed by atoms with van der Waals surface area (Å²) in [5.41, 5.74) is 9.16. The number of nitrogens with two attached hydrogens (primary N) is 1. The molecule has 19 heavy (non-hydrogen) atoms. The minimum absolute atomic E-state index is 0.0405. The van der Waals surface area contributed by atoms with Gasteiger partial charge >= 0.3 is 0 Å². The van der Waals surface area contributed by atoms with Gasteiger partial charge in [-0.1, -0.05) is 15.9 Å². The summed E-state index contributed by atoms with van der Waals surface area (Å²) >= 11 is 6.93. The Balaban J connectivity index is 2.23. The Morgan fingerprint density at radius 2 is 1.95 bits per heavy atom. The topological polar surface area (TPSA) is 50.9 Å². The number of nitrogens with zero attached hydrogens (tertiary/aromatic N) is 1. The van der Waals surface area contributed by atoms with Gasteiger partial charge in [-0.2, -0.15) is 0 Å². The van der Waals surface area contributed by atoms with Crippen molar-refractivity contribution in [1.29, 1.82) is 0 Å². The molecule has 5 heteroatoms. The molecular formula is C14H15Br2N3. The molecule has 0 aliphatic carbocycles. The SMILES string of the molecule is Cc1cc(Br)cc(NC(CN)c2cncc(Br)c2)c1. The molecule has 1 heterocycles. The minimum Gasteiger partial charge on any atom is -0.377 e. The molecule has 0 aliphatic rings. The van der Waals surface area contributed by atoms with Crippen molar-refractivity contribution in [2.45, 2.75) is 13.0 Å². The van der Waals surface area contributed by atoms with Crippen LogP contribution in [0.2, 0.25) is 0 Å². The first-order valence-corrected chi connectivity index (χ1v) is 7.51. The van der Waals surface area contributed by atoms with E-state index in [-0.39, 0.29) is 6.04 Å². The van der Waals surface area contributed by atoms with Crippen molar-refractivity contribution in [3.05, 3.63) is 56.7 Å². The lowest BCUT2D eigenvalue weighted by molar-refractivity contribution is 0.784. The van der Waals surface area contributed by atoms with Crippen molar-refractivity contribution in [2.24, 2.45) is 5.73 Å². The second-order valence-electron chi connectivity index (χ2n) is 4.39. The molecule has 1 atom stereocenters. The van der Waals surface area contributed by atoms with Crippen LogP contribution < -0.4 is 11.1 Å². The first kappa shape index (κ1) is 14.5. The highest BCUT2D eigenvalue weighted by Gasteiger charge is 2.10. The molecule has 100 valence electrons. The Hall–Kier alpha value is -0.910. The lowest BCUT2D eigenvalue weighted by Gasteiger charge is -2.19. The molecule has 0 saturated carbocycles. The molecule has 2 aromatic rings. The molecule has 1 unspecified atom stereocenters. The highest BCUT2D eigenvalue weighted by atomic mass is 79.9. The van der Waals surface area contributed by atoms with Crippen molar-refractivity contribution >= 4 is 37.5 Å². The summed E-state index contributed by atoms with van der Waals surface area (Å²) in [5.74, 6) is 0. The van der Waals surface area contributed by atoms with Gasteiger partial charge in [-0.25, -0.2) is 0 Å². The number of halogens is 2. The number of rotatable bonds is 4. The van der Waals surface area contributed by atoms with Crippen molar-refractivity contribution in [3.63, 3.8) is 0 Å². The second kappa shape index (κ2) is 6.50. The third-order valence-electron chi connectivity index (χ3n) is 2.75. The van der Waals surface area contributed by atoms with E-state index in [1.165, 1.54) is 5.56 Å². The Morgan fingerprint density at radius 3 is 2.58 bits per heavy atom. The van der Waals surface area contributed by atoms with Gasteiger partial charge in [0.05, 0.1) is 6.04 Å². The van der Waals surface area contributed by atoms with E-state index < -0.39 is 0 Å². The van der Waals surface area contributed by atoms with E-state index >= 15 is 0 Å². The quantitative estimate of drug-likeness (QED) is 0.836. The lowest BCUT2D eigenvalue weighted by atomic mass is 10.1. The van der Waals surface area contributed by atoms with Crippen LogP contribution in [-0.4, -0.2) is 11.5 Å². The molecule has 1 aromatic heterocycles. The van der Waals surface area contributed by atoms with Crippen LogP contribution >= 0.6 is 31.9 Å². The Labute approximate surface area is 129 Å². The smallest absolute Gasteiger partial charge is 0.0651 e. The molecule has 0 saturated heterocycles. The standard InChI is InChI=1S/C14H15Br2N3/c1-9-2-11(15)5-13(3-9)19-14(6-17)10-4-12(16)8-18-7-10/h2-5,7-8,14,19H,6,17H2,1H3.